The van der Waals surface area contributed by atoms with E-state index in [2.05, 4.69) is 0 Å². The molecule has 0 N–H and O–H groups in total. The molecule has 0 spiro atoms. The third kappa shape index (κ3) is 3.90. The summed E-state index contributed by atoms with van der Waals surface area (Å²) in [5.41, 5.74) is 0.587. The van der Waals surface area contributed by atoms with E-state index >= 15 is 0 Å². The largest absolute Gasteiger partial charge is 0.416 e. The van der Waals surface area contributed by atoms with E-state index in [0.717, 1.165) is 12.1 Å². The van der Waals surface area contributed by atoms with Crippen LogP contribution in [0.2, 0.25) is 0 Å². The highest BCUT2D eigenvalue weighted by molar-refractivity contribution is 7.91. The molecule has 2 aromatic carbocycles. The summed E-state index contributed by atoms with van der Waals surface area (Å²) in [6.45, 7) is 0.227. The van der Waals surface area contributed by atoms with Gasteiger partial charge in [-0.15, -0.1) is 0 Å². The molecule has 0 bridgehead atoms. The van der Waals surface area contributed by atoms with Crippen molar-refractivity contribution in [1.29, 1.82) is 0 Å². The van der Waals surface area contributed by atoms with Gasteiger partial charge in [0.05, 0.1) is 17.1 Å². The summed E-state index contributed by atoms with van der Waals surface area (Å²) in [5.74, 6) is -0.488. The molecule has 1 heterocycles. The summed E-state index contributed by atoms with van der Waals surface area (Å²) in [7, 11) is -3.11. The molecule has 0 aromatic heterocycles. The lowest BCUT2D eigenvalue weighted by Gasteiger charge is -2.27. The third-order valence-electron chi connectivity index (χ3n) is 4.31. The fourth-order valence-corrected chi connectivity index (χ4v) is 4.05. The van der Waals surface area contributed by atoms with Crippen molar-refractivity contribution in [3.05, 3.63) is 59.7 Å². The van der Waals surface area contributed by atoms with Gasteiger partial charge in [0.25, 0.3) is 5.91 Å². The van der Waals surface area contributed by atoms with Gasteiger partial charge in [0.2, 0.25) is 0 Å². The minimum absolute atomic E-state index is 0.0822. The fourth-order valence-electron chi connectivity index (χ4n) is 2.85. The first-order valence-electron chi connectivity index (χ1n) is 7.94. The highest BCUT2D eigenvalue weighted by atomic mass is 32.2. The third-order valence-corrected chi connectivity index (χ3v) is 5.92. The van der Waals surface area contributed by atoms with Gasteiger partial charge < -0.3 is 4.90 Å². The highest BCUT2D eigenvalue weighted by Crippen LogP contribution is 2.32. The quantitative estimate of drug-likeness (QED) is 0.800. The Bertz CT molecular complexity index is 907. The Morgan fingerprint density at radius 3 is 2.08 bits per heavy atom. The van der Waals surface area contributed by atoms with E-state index in [4.69, 9.17) is 0 Å². The zero-order valence-electron chi connectivity index (χ0n) is 13.7. The van der Waals surface area contributed by atoms with E-state index in [9.17, 15) is 26.4 Å². The van der Waals surface area contributed by atoms with Gasteiger partial charge in [-0.1, -0.05) is 30.3 Å². The van der Waals surface area contributed by atoms with E-state index < -0.39 is 21.6 Å². The number of nitrogens with zero attached hydrogens (tertiary/aromatic N) is 1. The van der Waals surface area contributed by atoms with Crippen molar-refractivity contribution in [2.24, 2.45) is 0 Å². The number of hydrogen-bond acceptors (Lipinski definition) is 3. The van der Waals surface area contributed by atoms with Gasteiger partial charge in [-0.05, 0) is 29.3 Å². The van der Waals surface area contributed by atoms with Gasteiger partial charge in [-0.25, -0.2) is 8.42 Å². The summed E-state index contributed by atoms with van der Waals surface area (Å²) < 4.78 is 61.2. The molecule has 4 nitrogen and oxygen atoms in total. The van der Waals surface area contributed by atoms with Crippen LogP contribution in [0.3, 0.4) is 0 Å². The Balaban J connectivity index is 1.90. The first-order valence-corrected chi connectivity index (χ1v) is 9.76. The molecule has 3 rings (SSSR count). The van der Waals surface area contributed by atoms with Gasteiger partial charge >= 0.3 is 6.18 Å². The molecule has 0 radical (unpaired) electrons. The van der Waals surface area contributed by atoms with Crippen LogP contribution in [-0.4, -0.2) is 43.8 Å². The van der Waals surface area contributed by atoms with Crippen LogP contribution in [0, 0.1) is 0 Å². The molecule has 0 aliphatic carbocycles. The SMILES string of the molecule is O=C(c1ccccc1-c1ccc(C(F)(F)F)cc1)N1CCS(=O)(=O)CC1. The van der Waals surface area contributed by atoms with Crippen molar-refractivity contribution in [3.63, 3.8) is 0 Å². The van der Waals surface area contributed by atoms with Crippen LogP contribution >= 0.6 is 0 Å². The predicted octanol–water partition coefficient (Wildman–Crippen LogP) is 3.24. The van der Waals surface area contributed by atoms with Crippen molar-refractivity contribution in [2.75, 3.05) is 24.6 Å². The van der Waals surface area contributed by atoms with Crippen LogP contribution in [0.5, 0.6) is 0 Å². The number of carbonyl (C=O) groups is 1. The van der Waals surface area contributed by atoms with Crippen molar-refractivity contribution >= 4 is 15.7 Å². The standard InChI is InChI=1S/C18H16F3NO3S/c19-18(20,21)14-7-5-13(6-8-14)15-3-1-2-4-16(15)17(23)22-9-11-26(24,25)12-10-22/h1-8H,9-12H2. The van der Waals surface area contributed by atoms with Crippen molar-refractivity contribution < 1.29 is 26.4 Å². The zero-order chi connectivity index (χ0) is 18.9. The molecule has 0 atom stereocenters. The van der Waals surface area contributed by atoms with E-state index in [-0.39, 0.29) is 30.5 Å². The average Bonchev–Trinajstić information content (AvgIpc) is 2.60. The molecule has 1 aliphatic rings. The molecule has 1 saturated heterocycles. The first kappa shape index (κ1) is 18.4. The number of halogens is 3. The summed E-state index contributed by atoms with van der Waals surface area (Å²) in [6.07, 6.45) is -4.42. The van der Waals surface area contributed by atoms with E-state index in [0.29, 0.717) is 16.7 Å². The molecule has 26 heavy (non-hydrogen) atoms. The van der Waals surface area contributed by atoms with E-state index in [1.807, 2.05) is 0 Å². The Kier molecular flexibility index (Phi) is 4.79. The van der Waals surface area contributed by atoms with Crippen LogP contribution in [-0.2, 0) is 16.0 Å². The Morgan fingerprint density at radius 2 is 1.50 bits per heavy atom. The summed E-state index contributed by atoms with van der Waals surface area (Å²) in [5, 5.41) is 0. The summed E-state index contributed by atoms with van der Waals surface area (Å²) in [6, 6.07) is 11.2. The zero-order valence-corrected chi connectivity index (χ0v) is 14.5. The van der Waals surface area contributed by atoms with Crippen LogP contribution in [0.1, 0.15) is 15.9 Å². The maximum Gasteiger partial charge on any atom is 0.416 e. The van der Waals surface area contributed by atoms with Crippen LogP contribution in [0.15, 0.2) is 48.5 Å². The Labute approximate surface area is 149 Å². The van der Waals surface area contributed by atoms with Gasteiger partial charge in [0, 0.05) is 18.7 Å². The molecule has 1 aliphatic heterocycles. The van der Waals surface area contributed by atoms with Gasteiger partial charge in [-0.3, -0.25) is 4.79 Å². The monoisotopic (exact) mass is 383 g/mol. The molecule has 8 heteroatoms. The number of hydrogen-bond donors (Lipinski definition) is 0. The smallest absolute Gasteiger partial charge is 0.337 e. The number of rotatable bonds is 2. The highest BCUT2D eigenvalue weighted by Gasteiger charge is 2.30. The van der Waals surface area contributed by atoms with Crippen LogP contribution in [0.4, 0.5) is 13.2 Å². The molecule has 1 amide bonds. The maximum atomic E-state index is 12.8. The number of benzene rings is 2. The van der Waals surface area contributed by atoms with Crippen molar-refractivity contribution in [3.8, 4) is 11.1 Å². The molecular formula is C18H16F3NO3S. The number of alkyl halides is 3. The second kappa shape index (κ2) is 6.75. The van der Waals surface area contributed by atoms with E-state index in [1.165, 1.54) is 17.0 Å². The lowest BCUT2D eigenvalue weighted by Crippen LogP contribution is -2.43. The molecule has 2 aromatic rings. The molecular weight excluding hydrogens is 367 g/mol. The minimum atomic E-state index is -4.42. The van der Waals surface area contributed by atoms with Gasteiger partial charge in [0.1, 0.15) is 0 Å². The normalized spacial score (nSPS) is 17.1. The van der Waals surface area contributed by atoms with Gasteiger partial charge in [0.15, 0.2) is 9.84 Å². The lowest BCUT2D eigenvalue weighted by atomic mass is 9.97. The second-order valence-electron chi connectivity index (χ2n) is 6.06. The van der Waals surface area contributed by atoms with Crippen LogP contribution in [0.25, 0.3) is 11.1 Å². The van der Waals surface area contributed by atoms with Gasteiger partial charge in [-0.2, -0.15) is 13.2 Å². The molecule has 0 saturated carbocycles. The summed E-state index contributed by atoms with van der Waals surface area (Å²) >= 11 is 0. The molecule has 1 fully saturated rings. The van der Waals surface area contributed by atoms with Crippen molar-refractivity contribution in [1.82, 2.24) is 4.90 Å². The van der Waals surface area contributed by atoms with Crippen LogP contribution < -0.4 is 0 Å². The molecule has 138 valence electrons. The first-order chi connectivity index (χ1) is 12.2. The Morgan fingerprint density at radius 1 is 0.923 bits per heavy atom. The average molecular weight is 383 g/mol. The fraction of sp³-hybridized carbons (Fsp3) is 0.278. The minimum Gasteiger partial charge on any atom is -0.337 e. The number of amides is 1. The lowest BCUT2D eigenvalue weighted by molar-refractivity contribution is -0.137. The van der Waals surface area contributed by atoms with E-state index in [1.54, 1.807) is 24.3 Å². The second-order valence-corrected chi connectivity index (χ2v) is 8.37. The number of carbonyl (C=O) groups excluding carboxylic acids is 1. The van der Waals surface area contributed by atoms with Crippen molar-refractivity contribution in [2.45, 2.75) is 6.18 Å². The topological polar surface area (TPSA) is 54.5 Å². The maximum absolute atomic E-state index is 12.8. The molecule has 0 unspecified atom stereocenters. The number of sulfone groups is 1. The summed E-state index contributed by atoms with van der Waals surface area (Å²) in [4.78, 5) is 14.2. The Hall–Kier alpha value is -2.35. The predicted molar refractivity (Wildman–Crippen MR) is 91.4 cm³/mol.